The highest BCUT2D eigenvalue weighted by Crippen LogP contribution is 2.33. The Hall–Kier alpha value is -3.60. The SMILES string of the molecule is O=C1OC(c2cccc3ccccc23)=N/C1=C\c1ccc2c(c1)OCO2. The van der Waals surface area contributed by atoms with E-state index in [0.717, 1.165) is 21.9 Å². The summed E-state index contributed by atoms with van der Waals surface area (Å²) in [7, 11) is 0. The Kier molecular flexibility index (Phi) is 3.25. The van der Waals surface area contributed by atoms with Gasteiger partial charge in [-0.15, -0.1) is 0 Å². The van der Waals surface area contributed by atoms with E-state index in [9.17, 15) is 4.79 Å². The largest absolute Gasteiger partial charge is 0.454 e. The summed E-state index contributed by atoms with van der Waals surface area (Å²) in [6.45, 7) is 0.209. The monoisotopic (exact) mass is 343 g/mol. The second kappa shape index (κ2) is 5.74. The van der Waals surface area contributed by atoms with Crippen molar-refractivity contribution in [2.24, 2.45) is 4.99 Å². The molecule has 0 bridgehead atoms. The minimum Gasteiger partial charge on any atom is -0.454 e. The van der Waals surface area contributed by atoms with Gasteiger partial charge in [0.05, 0.1) is 0 Å². The fourth-order valence-electron chi connectivity index (χ4n) is 3.10. The van der Waals surface area contributed by atoms with Gasteiger partial charge in [-0.2, -0.15) is 0 Å². The first-order chi connectivity index (χ1) is 12.8. The van der Waals surface area contributed by atoms with E-state index in [1.165, 1.54) is 0 Å². The lowest BCUT2D eigenvalue weighted by molar-refractivity contribution is -0.129. The van der Waals surface area contributed by atoms with Gasteiger partial charge in [0.25, 0.3) is 0 Å². The van der Waals surface area contributed by atoms with E-state index in [2.05, 4.69) is 4.99 Å². The van der Waals surface area contributed by atoms with Crippen LogP contribution in [-0.2, 0) is 9.53 Å². The molecule has 0 saturated carbocycles. The summed E-state index contributed by atoms with van der Waals surface area (Å²) in [6.07, 6.45) is 1.68. The van der Waals surface area contributed by atoms with Crippen LogP contribution in [0.25, 0.3) is 16.8 Å². The molecule has 2 aliphatic rings. The van der Waals surface area contributed by atoms with E-state index in [1.54, 1.807) is 6.08 Å². The van der Waals surface area contributed by atoms with Crippen LogP contribution in [0, 0.1) is 0 Å². The average molecular weight is 343 g/mol. The first kappa shape index (κ1) is 14.7. The number of fused-ring (bicyclic) bond motifs is 2. The smallest absolute Gasteiger partial charge is 0.363 e. The molecule has 3 aromatic carbocycles. The number of ether oxygens (including phenoxy) is 3. The van der Waals surface area contributed by atoms with E-state index in [0.29, 0.717) is 17.4 Å². The van der Waals surface area contributed by atoms with Crippen LogP contribution >= 0.6 is 0 Å². The van der Waals surface area contributed by atoms with Crippen molar-refractivity contribution in [3.8, 4) is 11.5 Å². The standard InChI is InChI=1S/C21H13NO4/c23-21-17(10-13-8-9-18-19(11-13)25-12-24-18)22-20(26-21)16-7-3-5-14-4-1-2-6-15(14)16/h1-11H,12H2/b17-10-. The topological polar surface area (TPSA) is 57.1 Å². The van der Waals surface area contributed by atoms with Crippen molar-refractivity contribution >= 4 is 28.7 Å². The Morgan fingerprint density at radius 2 is 1.77 bits per heavy atom. The molecule has 5 nitrogen and oxygen atoms in total. The number of cyclic esters (lactones) is 1. The van der Waals surface area contributed by atoms with Crippen LogP contribution in [0.1, 0.15) is 11.1 Å². The first-order valence-corrected chi connectivity index (χ1v) is 8.18. The molecule has 0 amide bonds. The zero-order chi connectivity index (χ0) is 17.5. The molecule has 0 aromatic heterocycles. The zero-order valence-corrected chi connectivity index (χ0v) is 13.6. The molecule has 0 N–H and O–H groups in total. The summed E-state index contributed by atoms with van der Waals surface area (Å²) in [5.74, 6) is 1.20. The molecule has 0 fully saturated rings. The van der Waals surface area contributed by atoms with Crippen molar-refractivity contribution in [3.05, 3.63) is 77.5 Å². The van der Waals surface area contributed by atoms with Crippen LogP contribution < -0.4 is 9.47 Å². The van der Waals surface area contributed by atoms with Crippen LogP contribution in [-0.4, -0.2) is 18.7 Å². The van der Waals surface area contributed by atoms with Gasteiger partial charge in [0, 0.05) is 5.56 Å². The number of hydrogen-bond acceptors (Lipinski definition) is 5. The minimum absolute atomic E-state index is 0.209. The summed E-state index contributed by atoms with van der Waals surface area (Å²) in [4.78, 5) is 16.7. The highest BCUT2D eigenvalue weighted by atomic mass is 16.7. The maximum absolute atomic E-state index is 12.3. The summed E-state index contributed by atoms with van der Waals surface area (Å²) < 4.78 is 16.1. The number of carbonyl (C=O) groups excluding carboxylic acids is 1. The number of esters is 1. The molecule has 0 saturated heterocycles. The number of nitrogens with zero attached hydrogens (tertiary/aromatic N) is 1. The Bertz CT molecular complexity index is 1110. The van der Waals surface area contributed by atoms with Crippen molar-refractivity contribution in [2.45, 2.75) is 0 Å². The summed E-state index contributed by atoms with van der Waals surface area (Å²) in [5, 5.41) is 2.06. The summed E-state index contributed by atoms with van der Waals surface area (Å²) in [5.41, 5.74) is 1.85. The number of benzene rings is 3. The highest BCUT2D eigenvalue weighted by molar-refractivity contribution is 6.17. The van der Waals surface area contributed by atoms with E-state index < -0.39 is 5.97 Å². The highest BCUT2D eigenvalue weighted by Gasteiger charge is 2.25. The molecule has 0 atom stereocenters. The van der Waals surface area contributed by atoms with E-state index in [1.807, 2.05) is 60.7 Å². The van der Waals surface area contributed by atoms with Crippen LogP contribution in [0.2, 0.25) is 0 Å². The second-order valence-corrected chi connectivity index (χ2v) is 5.98. The molecule has 126 valence electrons. The first-order valence-electron chi connectivity index (χ1n) is 8.18. The van der Waals surface area contributed by atoms with Gasteiger partial charge < -0.3 is 14.2 Å². The van der Waals surface area contributed by atoms with Gasteiger partial charge in [-0.3, -0.25) is 0 Å². The molecule has 5 heteroatoms. The lowest BCUT2D eigenvalue weighted by Gasteiger charge is -2.04. The predicted octanol–water partition coefficient (Wildman–Crippen LogP) is 3.91. The second-order valence-electron chi connectivity index (χ2n) is 5.98. The number of rotatable bonds is 2. The van der Waals surface area contributed by atoms with Gasteiger partial charge in [-0.1, -0.05) is 42.5 Å². The molecular formula is C21H13NO4. The molecule has 0 aliphatic carbocycles. The maximum atomic E-state index is 12.3. The van der Waals surface area contributed by atoms with Crippen LogP contribution in [0.5, 0.6) is 11.5 Å². The minimum atomic E-state index is -0.467. The average Bonchev–Trinajstić information content (AvgIpc) is 3.28. The van der Waals surface area contributed by atoms with Gasteiger partial charge in [0.2, 0.25) is 12.7 Å². The molecule has 0 spiro atoms. The molecule has 5 rings (SSSR count). The molecule has 0 unspecified atom stereocenters. The number of hydrogen-bond donors (Lipinski definition) is 0. The fraction of sp³-hybridized carbons (Fsp3) is 0.0476. The summed E-state index contributed by atoms with van der Waals surface area (Å²) in [6, 6.07) is 19.2. The Morgan fingerprint density at radius 3 is 2.73 bits per heavy atom. The molecule has 0 radical (unpaired) electrons. The van der Waals surface area contributed by atoms with Crippen molar-refractivity contribution in [1.29, 1.82) is 0 Å². The molecule has 26 heavy (non-hydrogen) atoms. The number of aliphatic imine (C=N–C) groups is 1. The molecule has 2 aliphatic heterocycles. The lowest BCUT2D eigenvalue weighted by Crippen LogP contribution is -2.05. The van der Waals surface area contributed by atoms with Crippen molar-refractivity contribution in [3.63, 3.8) is 0 Å². The molecule has 3 aromatic rings. The van der Waals surface area contributed by atoms with Crippen LogP contribution in [0.15, 0.2) is 71.4 Å². The third-order valence-electron chi connectivity index (χ3n) is 4.34. The Labute approximate surface area is 149 Å². The summed E-state index contributed by atoms with van der Waals surface area (Å²) >= 11 is 0. The fourth-order valence-corrected chi connectivity index (χ4v) is 3.10. The van der Waals surface area contributed by atoms with Gasteiger partial charge >= 0.3 is 5.97 Å². The van der Waals surface area contributed by atoms with Gasteiger partial charge in [-0.25, -0.2) is 9.79 Å². The quantitative estimate of drug-likeness (QED) is 0.523. The number of carbonyl (C=O) groups is 1. The van der Waals surface area contributed by atoms with Gasteiger partial charge in [0.1, 0.15) is 0 Å². The van der Waals surface area contributed by atoms with Crippen molar-refractivity contribution in [2.75, 3.05) is 6.79 Å². The molecule has 2 heterocycles. The van der Waals surface area contributed by atoms with E-state index in [-0.39, 0.29) is 12.5 Å². The van der Waals surface area contributed by atoms with Crippen LogP contribution in [0.3, 0.4) is 0 Å². The Balaban J connectivity index is 1.55. The third-order valence-corrected chi connectivity index (χ3v) is 4.34. The van der Waals surface area contributed by atoms with Crippen molar-refractivity contribution in [1.82, 2.24) is 0 Å². The predicted molar refractivity (Wildman–Crippen MR) is 97.1 cm³/mol. The van der Waals surface area contributed by atoms with Crippen LogP contribution in [0.4, 0.5) is 0 Å². The Morgan fingerprint density at radius 1 is 0.923 bits per heavy atom. The molecular weight excluding hydrogens is 330 g/mol. The zero-order valence-electron chi connectivity index (χ0n) is 13.6. The normalized spacial score (nSPS) is 16.8. The van der Waals surface area contributed by atoms with Gasteiger partial charge in [-0.05, 0) is 40.6 Å². The van der Waals surface area contributed by atoms with E-state index in [4.69, 9.17) is 14.2 Å². The van der Waals surface area contributed by atoms with Crippen molar-refractivity contribution < 1.29 is 19.0 Å². The maximum Gasteiger partial charge on any atom is 0.363 e. The van der Waals surface area contributed by atoms with Gasteiger partial charge in [0.15, 0.2) is 17.2 Å². The third kappa shape index (κ3) is 2.41. The lowest BCUT2D eigenvalue weighted by atomic mass is 10.0. The van der Waals surface area contributed by atoms with E-state index >= 15 is 0 Å².